The van der Waals surface area contributed by atoms with Gasteiger partial charge < -0.3 is 19.3 Å². The highest BCUT2D eigenvalue weighted by Gasteiger charge is 2.19. The Morgan fingerprint density at radius 3 is 2.31 bits per heavy atom. The van der Waals surface area contributed by atoms with E-state index in [0.717, 1.165) is 19.0 Å². The van der Waals surface area contributed by atoms with E-state index >= 15 is 0 Å². The molecule has 96 valence electrons. The molecule has 1 rings (SSSR count). The third kappa shape index (κ3) is 4.78. The number of piperidine rings is 1. The first-order chi connectivity index (χ1) is 7.65. The van der Waals surface area contributed by atoms with Crippen molar-refractivity contribution in [2.45, 2.75) is 19.1 Å². The number of methoxy groups -OCH3 is 2. The molecule has 0 bridgehead atoms. The highest BCUT2D eigenvalue weighted by atomic mass is 16.7. The lowest BCUT2D eigenvalue weighted by Gasteiger charge is -2.32. The molecule has 1 aliphatic rings. The molecule has 1 fully saturated rings. The number of likely N-dealkylation sites (tertiary alicyclic amines) is 1. The summed E-state index contributed by atoms with van der Waals surface area (Å²) in [5.74, 6) is 0.829. The van der Waals surface area contributed by atoms with Gasteiger partial charge >= 0.3 is 0 Å². The van der Waals surface area contributed by atoms with Gasteiger partial charge in [0.05, 0.1) is 0 Å². The summed E-state index contributed by atoms with van der Waals surface area (Å²) >= 11 is 0. The number of likely N-dealkylation sites (N-methyl/N-ethyl adjacent to an activating group) is 1. The third-order valence-corrected chi connectivity index (χ3v) is 3.39. The molecular weight excluding hydrogens is 204 g/mol. The van der Waals surface area contributed by atoms with Gasteiger partial charge in [-0.2, -0.15) is 0 Å². The lowest BCUT2D eigenvalue weighted by molar-refractivity contribution is -0.115. The van der Waals surface area contributed by atoms with E-state index in [9.17, 15) is 0 Å². The number of rotatable bonds is 6. The van der Waals surface area contributed by atoms with Gasteiger partial charge in [-0.3, -0.25) is 0 Å². The smallest absolute Gasteiger partial charge is 0.169 e. The normalized spacial score (nSPS) is 19.9. The summed E-state index contributed by atoms with van der Waals surface area (Å²) in [6.45, 7) is 4.46. The molecule has 0 radical (unpaired) electrons. The van der Waals surface area contributed by atoms with Crippen molar-refractivity contribution in [2.75, 3.05) is 54.5 Å². The summed E-state index contributed by atoms with van der Waals surface area (Å²) in [5.41, 5.74) is 0. The van der Waals surface area contributed by atoms with Crippen LogP contribution in [0.4, 0.5) is 0 Å². The first-order valence-electron chi connectivity index (χ1n) is 6.08. The van der Waals surface area contributed by atoms with Gasteiger partial charge in [0.2, 0.25) is 0 Å². The summed E-state index contributed by atoms with van der Waals surface area (Å²) in [6.07, 6.45) is 2.52. The summed E-state index contributed by atoms with van der Waals surface area (Å²) in [5, 5.41) is 0. The molecule has 0 aromatic heterocycles. The van der Waals surface area contributed by atoms with Crippen molar-refractivity contribution in [3.8, 4) is 0 Å². The van der Waals surface area contributed by atoms with E-state index in [1.54, 1.807) is 14.2 Å². The number of ether oxygens (including phenoxy) is 2. The molecule has 0 unspecified atom stereocenters. The second kappa shape index (κ2) is 7.22. The van der Waals surface area contributed by atoms with Crippen molar-refractivity contribution in [3.05, 3.63) is 0 Å². The SMILES string of the molecule is COC(CN(C)CC1CCN(C)CC1)OC. The van der Waals surface area contributed by atoms with E-state index in [-0.39, 0.29) is 6.29 Å². The minimum absolute atomic E-state index is 0.101. The van der Waals surface area contributed by atoms with Crippen LogP contribution in [0.2, 0.25) is 0 Å². The second-order valence-corrected chi connectivity index (χ2v) is 4.87. The molecule has 0 aromatic carbocycles. The van der Waals surface area contributed by atoms with E-state index in [1.807, 2.05) is 0 Å². The fourth-order valence-electron chi connectivity index (χ4n) is 2.26. The van der Waals surface area contributed by atoms with Crippen molar-refractivity contribution >= 4 is 0 Å². The Balaban J connectivity index is 2.20. The van der Waals surface area contributed by atoms with E-state index in [2.05, 4.69) is 23.9 Å². The first-order valence-corrected chi connectivity index (χ1v) is 6.08. The molecule has 0 aliphatic carbocycles. The summed E-state index contributed by atoms with van der Waals surface area (Å²) < 4.78 is 10.4. The van der Waals surface area contributed by atoms with Crippen LogP contribution >= 0.6 is 0 Å². The van der Waals surface area contributed by atoms with Gasteiger partial charge in [-0.25, -0.2) is 0 Å². The molecule has 0 atom stereocenters. The maximum Gasteiger partial charge on any atom is 0.169 e. The van der Waals surface area contributed by atoms with Crippen molar-refractivity contribution in [1.82, 2.24) is 9.80 Å². The average molecular weight is 230 g/mol. The van der Waals surface area contributed by atoms with Gasteiger partial charge in [-0.1, -0.05) is 0 Å². The van der Waals surface area contributed by atoms with E-state index < -0.39 is 0 Å². The number of nitrogens with zero attached hydrogens (tertiary/aromatic N) is 2. The van der Waals surface area contributed by atoms with Crippen LogP contribution in [0.3, 0.4) is 0 Å². The van der Waals surface area contributed by atoms with E-state index in [0.29, 0.717) is 0 Å². The first kappa shape index (κ1) is 13.9. The van der Waals surface area contributed by atoms with E-state index in [4.69, 9.17) is 9.47 Å². The standard InChI is InChI=1S/C12H26N2O2/c1-13-7-5-11(6-8-13)9-14(2)10-12(15-3)16-4/h11-12H,5-10H2,1-4H3. The zero-order chi connectivity index (χ0) is 12.0. The highest BCUT2D eigenvalue weighted by molar-refractivity contribution is 4.72. The molecule has 1 aliphatic heterocycles. The van der Waals surface area contributed by atoms with Crippen LogP contribution in [0.1, 0.15) is 12.8 Å². The molecule has 4 nitrogen and oxygen atoms in total. The second-order valence-electron chi connectivity index (χ2n) is 4.87. The molecular formula is C12H26N2O2. The van der Waals surface area contributed by atoms with Crippen LogP contribution in [-0.2, 0) is 9.47 Å². The quantitative estimate of drug-likeness (QED) is 0.632. The predicted molar refractivity (Wildman–Crippen MR) is 65.5 cm³/mol. The molecule has 0 amide bonds. The van der Waals surface area contributed by atoms with Crippen LogP contribution in [0, 0.1) is 5.92 Å². The summed E-state index contributed by atoms with van der Waals surface area (Å²) in [7, 11) is 7.73. The van der Waals surface area contributed by atoms with Crippen LogP contribution in [-0.4, -0.2) is 70.6 Å². The average Bonchev–Trinajstić information content (AvgIpc) is 2.29. The molecule has 0 N–H and O–H groups in total. The van der Waals surface area contributed by atoms with Crippen LogP contribution in [0.15, 0.2) is 0 Å². The highest BCUT2D eigenvalue weighted by Crippen LogP contribution is 2.16. The number of hydrogen-bond acceptors (Lipinski definition) is 4. The molecule has 1 heterocycles. The molecule has 16 heavy (non-hydrogen) atoms. The zero-order valence-corrected chi connectivity index (χ0v) is 11.1. The van der Waals surface area contributed by atoms with Crippen LogP contribution in [0.5, 0.6) is 0 Å². The summed E-state index contributed by atoms with van der Waals surface area (Å²) in [4.78, 5) is 4.72. The van der Waals surface area contributed by atoms with Crippen LogP contribution in [0.25, 0.3) is 0 Å². The lowest BCUT2D eigenvalue weighted by Crippen LogP contribution is -2.39. The van der Waals surface area contributed by atoms with Crippen molar-refractivity contribution < 1.29 is 9.47 Å². The topological polar surface area (TPSA) is 24.9 Å². The largest absolute Gasteiger partial charge is 0.355 e. The molecule has 1 saturated heterocycles. The molecule has 4 heteroatoms. The maximum absolute atomic E-state index is 5.20. The Morgan fingerprint density at radius 2 is 1.81 bits per heavy atom. The fraction of sp³-hybridized carbons (Fsp3) is 1.00. The van der Waals surface area contributed by atoms with Gasteiger partial charge in [-0.05, 0) is 45.9 Å². The van der Waals surface area contributed by atoms with Crippen LogP contribution < -0.4 is 0 Å². The Kier molecular flexibility index (Phi) is 6.28. The molecule has 0 aromatic rings. The van der Waals surface area contributed by atoms with Crippen molar-refractivity contribution in [2.24, 2.45) is 5.92 Å². The van der Waals surface area contributed by atoms with Crippen molar-refractivity contribution in [1.29, 1.82) is 0 Å². The van der Waals surface area contributed by atoms with Gasteiger partial charge in [0.15, 0.2) is 6.29 Å². The van der Waals surface area contributed by atoms with Gasteiger partial charge in [0.25, 0.3) is 0 Å². The third-order valence-electron chi connectivity index (χ3n) is 3.39. The summed E-state index contributed by atoms with van der Waals surface area (Å²) in [6, 6.07) is 0. The Bertz CT molecular complexity index is 178. The Morgan fingerprint density at radius 1 is 1.25 bits per heavy atom. The van der Waals surface area contributed by atoms with Gasteiger partial charge in [0.1, 0.15) is 0 Å². The predicted octanol–water partition coefficient (Wildman–Crippen LogP) is 0.879. The van der Waals surface area contributed by atoms with Gasteiger partial charge in [0, 0.05) is 27.3 Å². The minimum Gasteiger partial charge on any atom is -0.355 e. The molecule has 0 spiro atoms. The molecule has 0 saturated carbocycles. The Labute approximate surface area is 99.5 Å². The maximum atomic E-state index is 5.20. The monoisotopic (exact) mass is 230 g/mol. The fourth-order valence-corrected chi connectivity index (χ4v) is 2.26. The van der Waals surface area contributed by atoms with E-state index in [1.165, 1.54) is 25.9 Å². The lowest BCUT2D eigenvalue weighted by atomic mass is 9.97. The van der Waals surface area contributed by atoms with Gasteiger partial charge in [-0.15, -0.1) is 0 Å². The van der Waals surface area contributed by atoms with Crippen molar-refractivity contribution in [3.63, 3.8) is 0 Å². The zero-order valence-electron chi connectivity index (χ0n) is 11.1. The Hall–Kier alpha value is -0.160. The minimum atomic E-state index is -0.101. The number of hydrogen-bond donors (Lipinski definition) is 0.